The van der Waals surface area contributed by atoms with Gasteiger partial charge in [-0.2, -0.15) is 5.26 Å². The van der Waals surface area contributed by atoms with E-state index in [0.29, 0.717) is 11.4 Å². The number of ether oxygens (including phenoxy) is 3. The summed E-state index contributed by atoms with van der Waals surface area (Å²) in [6.07, 6.45) is 6.13. The second-order valence-corrected chi connectivity index (χ2v) is 5.45. The van der Waals surface area contributed by atoms with Crippen molar-refractivity contribution in [2.45, 2.75) is 0 Å². The van der Waals surface area contributed by atoms with E-state index in [1.165, 1.54) is 12.2 Å². The predicted octanol–water partition coefficient (Wildman–Crippen LogP) is 2.31. The molecule has 2 aromatic heterocycles. The summed E-state index contributed by atoms with van der Waals surface area (Å²) < 4.78 is 15.1. The molecule has 0 fully saturated rings. The van der Waals surface area contributed by atoms with Gasteiger partial charge in [0.25, 0.3) is 5.70 Å². The molecule has 29 heavy (non-hydrogen) atoms. The van der Waals surface area contributed by atoms with Crippen LogP contribution >= 0.6 is 0 Å². The molecule has 148 valence electrons. The smallest absolute Gasteiger partial charge is 0.349 e. The highest BCUT2D eigenvalue weighted by molar-refractivity contribution is 5.97. The molecule has 9 heteroatoms. The summed E-state index contributed by atoms with van der Waals surface area (Å²) in [5, 5.41) is 9.03. The van der Waals surface area contributed by atoms with Gasteiger partial charge >= 0.3 is 11.9 Å². The summed E-state index contributed by atoms with van der Waals surface area (Å²) in [4.78, 5) is 32.5. The lowest BCUT2D eigenvalue weighted by Gasteiger charge is -2.06. The molecule has 9 nitrogen and oxygen atoms in total. The average molecular weight is 394 g/mol. The molecule has 0 spiro atoms. The van der Waals surface area contributed by atoms with E-state index in [1.54, 1.807) is 42.7 Å². The summed E-state index contributed by atoms with van der Waals surface area (Å²) in [6.45, 7) is 7.07. The topological polar surface area (TPSA) is 122 Å². The Labute approximate surface area is 167 Å². The van der Waals surface area contributed by atoms with E-state index in [4.69, 9.17) is 26.0 Å². The first-order valence-electron chi connectivity index (χ1n) is 8.53. The first kappa shape index (κ1) is 21.2. The third kappa shape index (κ3) is 7.21. The number of aromatic amines is 2. The lowest BCUT2D eigenvalue weighted by molar-refractivity contribution is -0.141. The fraction of sp³-hybridized carbons (Fsp3) is 0.200. The van der Waals surface area contributed by atoms with Crippen molar-refractivity contribution in [1.29, 1.82) is 5.26 Å². The average Bonchev–Trinajstić information content (AvgIpc) is 3.43. The number of aromatic nitrogens is 2. The molecule has 2 rings (SSSR count). The number of nitrogens with zero attached hydrogens (tertiary/aromatic N) is 2. The predicted molar refractivity (Wildman–Crippen MR) is 102 cm³/mol. The van der Waals surface area contributed by atoms with Crippen LogP contribution in [0.4, 0.5) is 0 Å². The molecule has 0 unspecified atom stereocenters. The zero-order valence-electron chi connectivity index (χ0n) is 15.4. The second-order valence-electron chi connectivity index (χ2n) is 5.45. The van der Waals surface area contributed by atoms with E-state index in [0.717, 1.165) is 0 Å². The lowest BCUT2D eigenvalue weighted by Crippen LogP contribution is -2.15. The standard InChI is InChI=1S/C20H18N4O5/c1-22-18(13-17-5-3-7-24-17)20(26)29-11-9-27-8-10-28-19(25)15(14-21)12-16-4-2-6-23-16/h2-7,12-13,23-24H,8-11H2/b15-12+,18-13-. The number of hydrogen-bond donors (Lipinski definition) is 2. The molecule has 2 heterocycles. The molecule has 0 aliphatic carbocycles. The van der Waals surface area contributed by atoms with Crippen molar-refractivity contribution in [2.24, 2.45) is 0 Å². The molecule has 0 aliphatic heterocycles. The molecule has 0 aliphatic rings. The molecular formula is C20H18N4O5. The molecule has 0 bridgehead atoms. The van der Waals surface area contributed by atoms with Gasteiger partial charge in [-0.15, -0.1) is 0 Å². The first-order chi connectivity index (χ1) is 14.1. The molecule has 2 N–H and O–H groups in total. The number of hydrogen-bond acceptors (Lipinski definition) is 6. The van der Waals surface area contributed by atoms with Crippen LogP contribution in [0.15, 0.2) is 47.9 Å². The number of esters is 2. The molecule has 0 saturated carbocycles. The van der Waals surface area contributed by atoms with Crippen LogP contribution < -0.4 is 0 Å². The summed E-state index contributed by atoms with van der Waals surface area (Å²) in [7, 11) is 0. The Bertz CT molecular complexity index is 866. The Morgan fingerprint density at radius 1 is 1.00 bits per heavy atom. The molecule has 0 amide bonds. The van der Waals surface area contributed by atoms with Crippen molar-refractivity contribution in [3.8, 4) is 6.07 Å². The summed E-state index contributed by atoms with van der Waals surface area (Å²) >= 11 is 0. The Morgan fingerprint density at radius 3 is 2.10 bits per heavy atom. The van der Waals surface area contributed by atoms with Gasteiger partial charge in [0.2, 0.25) is 0 Å². The highest BCUT2D eigenvalue weighted by Gasteiger charge is 2.12. The normalized spacial score (nSPS) is 11.4. The molecular weight excluding hydrogens is 376 g/mol. The zero-order chi connectivity index (χ0) is 20.9. The fourth-order valence-electron chi connectivity index (χ4n) is 2.08. The van der Waals surface area contributed by atoms with Crippen LogP contribution in [-0.2, 0) is 23.8 Å². The van der Waals surface area contributed by atoms with Crippen LogP contribution in [0.1, 0.15) is 11.4 Å². The number of rotatable bonds is 10. The number of nitrogens with one attached hydrogen (secondary N) is 2. The maximum atomic E-state index is 11.8. The lowest BCUT2D eigenvalue weighted by atomic mass is 10.2. The summed E-state index contributed by atoms with van der Waals surface area (Å²) in [6, 6.07) is 8.69. The maximum absolute atomic E-state index is 11.8. The zero-order valence-corrected chi connectivity index (χ0v) is 15.4. The number of nitriles is 1. The Balaban J connectivity index is 1.63. The van der Waals surface area contributed by atoms with Gasteiger partial charge in [0.05, 0.1) is 19.8 Å². The van der Waals surface area contributed by atoms with Crippen LogP contribution in [0.25, 0.3) is 17.0 Å². The van der Waals surface area contributed by atoms with Gasteiger partial charge < -0.3 is 24.2 Å². The van der Waals surface area contributed by atoms with Crippen molar-refractivity contribution in [1.82, 2.24) is 9.97 Å². The Kier molecular flexibility index (Phi) is 8.49. The summed E-state index contributed by atoms with van der Waals surface area (Å²) in [5.74, 6) is -1.51. The van der Waals surface area contributed by atoms with E-state index < -0.39 is 11.9 Å². The minimum Gasteiger partial charge on any atom is -0.468 e. The van der Waals surface area contributed by atoms with Gasteiger partial charge in [-0.3, -0.25) is 4.79 Å². The quantitative estimate of drug-likeness (QED) is 0.210. The van der Waals surface area contributed by atoms with Crippen molar-refractivity contribution in [3.05, 3.63) is 70.7 Å². The monoisotopic (exact) mass is 394 g/mol. The first-order valence-corrected chi connectivity index (χ1v) is 8.53. The number of carbonyl (C=O) groups is 2. The molecule has 0 atom stereocenters. The van der Waals surface area contributed by atoms with Gasteiger partial charge in [0.1, 0.15) is 24.9 Å². The van der Waals surface area contributed by atoms with E-state index in [1.807, 2.05) is 0 Å². The van der Waals surface area contributed by atoms with Crippen molar-refractivity contribution in [3.63, 3.8) is 0 Å². The second kappa shape index (κ2) is 11.6. The Hall–Kier alpha value is -4.08. The van der Waals surface area contributed by atoms with E-state index in [2.05, 4.69) is 14.8 Å². The van der Waals surface area contributed by atoms with Gasteiger partial charge in [0.15, 0.2) is 0 Å². The van der Waals surface area contributed by atoms with Crippen LogP contribution in [0.3, 0.4) is 0 Å². The van der Waals surface area contributed by atoms with Crippen molar-refractivity contribution >= 4 is 24.1 Å². The van der Waals surface area contributed by atoms with Crippen LogP contribution in [0, 0.1) is 17.9 Å². The maximum Gasteiger partial charge on any atom is 0.349 e. The van der Waals surface area contributed by atoms with Crippen LogP contribution in [0.2, 0.25) is 0 Å². The summed E-state index contributed by atoms with van der Waals surface area (Å²) in [5.41, 5.74) is 0.940. The molecule has 2 aromatic rings. The molecule has 0 aromatic carbocycles. The van der Waals surface area contributed by atoms with Gasteiger partial charge in [-0.25, -0.2) is 9.64 Å². The minimum absolute atomic E-state index is 0.0550. The van der Waals surface area contributed by atoms with E-state index in [-0.39, 0.29) is 37.7 Å². The van der Waals surface area contributed by atoms with Crippen molar-refractivity contribution < 1.29 is 23.8 Å². The van der Waals surface area contributed by atoms with Gasteiger partial charge in [-0.1, -0.05) is 0 Å². The van der Waals surface area contributed by atoms with Gasteiger partial charge in [0, 0.05) is 23.8 Å². The van der Waals surface area contributed by atoms with Crippen LogP contribution in [-0.4, -0.2) is 48.3 Å². The Morgan fingerprint density at radius 2 is 1.59 bits per heavy atom. The molecule has 0 radical (unpaired) electrons. The largest absolute Gasteiger partial charge is 0.468 e. The van der Waals surface area contributed by atoms with Gasteiger partial charge in [-0.05, 0) is 36.4 Å². The van der Waals surface area contributed by atoms with Crippen molar-refractivity contribution in [2.75, 3.05) is 26.4 Å². The fourth-order valence-corrected chi connectivity index (χ4v) is 2.08. The van der Waals surface area contributed by atoms with Crippen LogP contribution in [0.5, 0.6) is 0 Å². The SMILES string of the molecule is [C-]#[N+]/C(=C\c1ccc[nH]1)C(=O)OCCOCCOC(=O)/C(C#N)=C/c1ccc[nH]1. The highest BCUT2D eigenvalue weighted by Crippen LogP contribution is 2.08. The minimum atomic E-state index is -0.756. The third-order valence-electron chi connectivity index (χ3n) is 3.43. The third-order valence-corrected chi connectivity index (χ3v) is 3.43. The number of carbonyl (C=O) groups excluding carboxylic acids is 2. The highest BCUT2D eigenvalue weighted by atomic mass is 16.6. The number of H-pyrrole nitrogens is 2. The van der Waals surface area contributed by atoms with E-state index in [9.17, 15) is 9.59 Å². The molecule has 0 saturated heterocycles. The van der Waals surface area contributed by atoms with E-state index >= 15 is 0 Å².